The van der Waals surface area contributed by atoms with Gasteiger partial charge in [0.2, 0.25) is 15.9 Å². The Kier molecular flexibility index (Phi) is 5.23. The lowest BCUT2D eigenvalue weighted by molar-refractivity contribution is -0.114. The molecule has 0 unspecified atom stereocenters. The number of sulfonamides is 1. The monoisotopic (exact) mass is 356 g/mol. The number of nitrogens with zero attached hydrogens (tertiary/aromatic N) is 1. The Morgan fingerprint density at radius 1 is 1.22 bits per heavy atom. The number of benzene rings is 2. The van der Waals surface area contributed by atoms with Gasteiger partial charge in [0.15, 0.2) is 0 Å². The zero-order valence-corrected chi connectivity index (χ0v) is 13.7. The molecular weight excluding hydrogens is 343 g/mol. The van der Waals surface area contributed by atoms with Crippen molar-refractivity contribution in [1.82, 2.24) is 0 Å². The van der Waals surface area contributed by atoms with Gasteiger partial charge < -0.3 is 5.32 Å². The number of para-hydroxylation sites is 1. The van der Waals surface area contributed by atoms with Crippen LogP contribution in [0, 0.1) is 5.82 Å². The molecule has 0 aromatic heterocycles. The number of halogens is 2. The summed E-state index contributed by atoms with van der Waals surface area (Å²) in [4.78, 5) is 12.1. The SMILES string of the molecule is CS(=O)(=O)N(CC(=O)Nc1cccc(F)c1)c1ccccc1Cl. The fraction of sp³-hybridized carbons (Fsp3) is 0.133. The predicted octanol–water partition coefficient (Wildman–Crippen LogP) is 2.88. The standard InChI is InChI=1S/C15H14ClFN2O3S/c1-23(21,22)19(14-8-3-2-7-13(14)16)10-15(20)18-12-6-4-5-11(17)9-12/h2-9H,10H2,1H3,(H,18,20). The second-order valence-corrected chi connectivity index (χ2v) is 7.09. The van der Waals surface area contributed by atoms with Crippen LogP contribution >= 0.6 is 11.6 Å². The maximum Gasteiger partial charge on any atom is 0.245 e. The van der Waals surface area contributed by atoms with E-state index in [1.54, 1.807) is 12.1 Å². The molecule has 0 aliphatic carbocycles. The largest absolute Gasteiger partial charge is 0.324 e. The van der Waals surface area contributed by atoms with Crippen LogP contribution in [0.1, 0.15) is 0 Å². The highest BCUT2D eigenvalue weighted by atomic mass is 35.5. The van der Waals surface area contributed by atoms with Crippen LogP contribution in [-0.4, -0.2) is 27.1 Å². The number of nitrogens with one attached hydrogen (secondary N) is 1. The average molecular weight is 357 g/mol. The van der Waals surface area contributed by atoms with E-state index in [0.29, 0.717) is 0 Å². The number of anilines is 2. The van der Waals surface area contributed by atoms with Gasteiger partial charge in [-0.15, -0.1) is 0 Å². The van der Waals surface area contributed by atoms with Gasteiger partial charge in [-0.25, -0.2) is 12.8 Å². The summed E-state index contributed by atoms with van der Waals surface area (Å²) < 4.78 is 37.9. The van der Waals surface area contributed by atoms with Gasteiger partial charge in [0, 0.05) is 5.69 Å². The van der Waals surface area contributed by atoms with Crippen LogP contribution in [0.25, 0.3) is 0 Å². The van der Waals surface area contributed by atoms with Crippen LogP contribution in [0.15, 0.2) is 48.5 Å². The highest BCUT2D eigenvalue weighted by Crippen LogP contribution is 2.27. The Labute approximate surface area is 138 Å². The molecule has 1 amide bonds. The van der Waals surface area contributed by atoms with Crippen LogP contribution in [0.3, 0.4) is 0 Å². The molecule has 23 heavy (non-hydrogen) atoms. The summed E-state index contributed by atoms with van der Waals surface area (Å²) in [6.07, 6.45) is 0.978. The molecule has 2 aromatic carbocycles. The summed E-state index contributed by atoms with van der Waals surface area (Å²) in [7, 11) is -3.72. The molecule has 0 atom stereocenters. The minimum atomic E-state index is -3.72. The van der Waals surface area contributed by atoms with Gasteiger partial charge in [-0.1, -0.05) is 29.8 Å². The Morgan fingerprint density at radius 3 is 2.52 bits per heavy atom. The van der Waals surface area contributed by atoms with Crippen LogP contribution in [0.2, 0.25) is 5.02 Å². The van der Waals surface area contributed by atoms with E-state index in [-0.39, 0.29) is 16.4 Å². The fourth-order valence-corrected chi connectivity index (χ4v) is 3.09. The van der Waals surface area contributed by atoms with E-state index in [1.807, 2.05) is 0 Å². The van der Waals surface area contributed by atoms with E-state index < -0.39 is 28.3 Å². The van der Waals surface area contributed by atoms with Crippen LogP contribution in [0.5, 0.6) is 0 Å². The first kappa shape index (κ1) is 17.2. The molecular formula is C15H14ClFN2O3S. The molecule has 0 bridgehead atoms. The Hall–Kier alpha value is -2.12. The molecule has 0 aliphatic heterocycles. The highest BCUT2D eigenvalue weighted by molar-refractivity contribution is 7.92. The van der Waals surface area contributed by atoms with Gasteiger partial charge in [-0.2, -0.15) is 0 Å². The van der Waals surface area contributed by atoms with Crippen LogP contribution in [-0.2, 0) is 14.8 Å². The lowest BCUT2D eigenvalue weighted by Gasteiger charge is -2.22. The molecule has 1 N–H and O–H groups in total. The number of hydrogen-bond donors (Lipinski definition) is 1. The third-order valence-electron chi connectivity index (χ3n) is 2.92. The van der Waals surface area contributed by atoms with Crippen molar-refractivity contribution in [3.05, 3.63) is 59.4 Å². The van der Waals surface area contributed by atoms with Gasteiger partial charge in [0.05, 0.1) is 17.0 Å². The molecule has 0 fully saturated rings. The van der Waals surface area contributed by atoms with Gasteiger partial charge in [-0.3, -0.25) is 9.10 Å². The van der Waals surface area contributed by atoms with E-state index in [4.69, 9.17) is 11.6 Å². The molecule has 2 aromatic rings. The van der Waals surface area contributed by atoms with Crippen LogP contribution < -0.4 is 9.62 Å². The van der Waals surface area contributed by atoms with Crippen molar-refractivity contribution >= 4 is 38.9 Å². The van der Waals surface area contributed by atoms with E-state index in [9.17, 15) is 17.6 Å². The molecule has 0 saturated heterocycles. The lowest BCUT2D eigenvalue weighted by Crippen LogP contribution is -2.37. The Bertz CT molecular complexity index is 827. The van der Waals surface area contributed by atoms with Crippen molar-refractivity contribution in [2.75, 3.05) is 22.4 Å². The molecule has 0 saturated carbocycles. The number of carbonyl (C=O) groups is 1. The summed E-state index contributed by atoms with van der Waals surface area (Å²) >= 11 is 6.00. The second kappa shape index (κ2) is 6.97. The van der Waals surface area contributed by atoms with Crippen molar-refractivity contribution in [3.8, 4) is 0 Å². The first-order chi connectivity index (χ1) is 10.8. The van der Waals surface area contributed by atoms with Crippen molar-refractivity contribution in [2.24, 2.45) is 0 Å². The number of hydrogen-bond acceptors (Lipinski definition) is 3. The maximum atomic E-state index is 13.1. The minimum Gasteiger partial charge on any atom is -0.324 e. The lowest BCUT2D eigenvalue weighted by atomic mass is 10.3. The van der Waals surface area contributed by atoms with Gasteiger partial charge >= 0.3 is 0 Å². The summed E-state index contributed by atoms with van der Waals surface area (Å²) in [6.45, 7) is -0.473. The molecule has 0 spiro atoms. The zero-order valence-electron chi connectivity index (χ0n) is 12.2. The van der Waals surface area contributed by atoms with Crippen molar-refractivity contribution in [1.29, 1.82) is 0 Å². The van der Waals surface area contributed by atoms with Gasteiger partial charge in [-0.05, 0) is 30.3 Å². The van der Waals surface area contributed by atoms with Crippen molar-refractivity contribution in [2.45, 2.75) is 0 Å². The van der Waals surface area contributed by atoms with Crippen molar-refractivity contribution in [3.63, 3.8) is 0 Å². The Balaban J connectivity index is 2.22. The summed E-state index contributed by atoms with van der Waals surface area (Å²) in [6, 6.07) is 11.6. The zero-order chi connectivity index (χ0) is 17.0. The van der Waals surface area contributed by atoms with Crippen molar-refractivity contribution < 1.29 is 17.6 Å². The second-order valence-electron chi connectivity index (χ2n) is 4.78. The summed E-state index contributed by atoms with van der Waals surface area (Å²) in [5, 5.41) is 2.65. The smallest absolute Gasteiger partial charge is 0.245 e. The van der Waals surface area contributed by atoms with E-state index in [2.05, 4.69) is 5.32 Å². The topological polar surface area (TPSA) is 66.5 Å². The molecule has 0 radical (unpaired) electrons. The molecule has 0 aliphatic rings. The quantitative estimate of drug-likeness (QED) is 0.895. The number of rotatable bonds is 5. The molecule has 122 valence electrons. The molecule has 8 heteroatoms. The summed E-state index contributed by atoms with van der Waals surface area (Å²) in [5.74, 6) is -1.12. The molecule has 0 heterocycles. The third kappa shape index (κ3) is 4.67. The van der Waals surface area contributed by atoms with Gasteiger partial charge in [0.25, 0.3) is 0 Å². The number of carbonyl (C=O) groups excluding carboxylic acids is 1. The maximum absolute atomic E-state index is 13.1. The molecule has 5 nitrogen and oxygen atoms in total. The van der Waals surface area contributed by atoms with Gasteiger partial charge in [0.1, 0.15) is 12.4 Å². The molecule has 2 rings (SSSR count). The first-order valence-electron chi connectivity index (χ1n) is 6.55. The summed E-state index contributed by atoms with van der Waals surface area (Å²) in [5.41, 5.74) is 0.439. The minimum absolute atomic E-state index is 0.200. The normalized spacial score (nSPS) is 11.1. The van der Waals surface area contributed by atoms with E-state index in [1.165, 1.54) is 30.3 Å². The highest BCUT2D eigenvalue weighted by Gasteiger charge is 2.22. The third-order valence-corrected chi connectivity index (χ3v) is 4.36. The van der Waals surface area contributed by atoms with E-state index in [0.717, 1.165) is 16.6 Å². The van der Waals surface area contributed by atoms with E-state index >= 15 is 0 Å². The fourth-order valence-electron chi connectivity index (χ4n) is 1.93. The van der Waals surface area contributed by atoms with Crippen LogP contribution in [0.4, 0.5) is 15.8 Å². The average Bonchev–Trinajstić information content (AvgIpc) is 2.44. The predicted molar refractivity (Wildman–Crippen MR) is 88.7 cm³/mol. The first-order valence-corrected chi connectivity index (χ1v) is 8.77. The Morgan fingerprint density at radius 2 is 1.91 bits per heavy atom. The number of amides is 1.